The Bertz CT molecular complexity index is 868. The third-order valence-electron chi connectivity index (χ3n) is 5.13. The lowest BCUT2D eigenvalue weighted by Gasteiger charge is -2.38. The van der Waals surface area contributed by atoms with E-state index in [1.807, 2.05) is 20.2 Å². The first-order valence-corrected chi connectivity index (χ1v) is 8.71. The molecule has 0 amide bonds. The molecule has 0 aliphatic carbocycles. The zero-order chi connectivity index (χ0) is 17.3. The Morgan fingerprint density at radius 1 is 1.16 bits per heavy atom. The number of aryl methyl sites for hydroxylation is 2. The van der Waals surface area contributed by atoms with Crippen molar-refractivity contribution in [3.8, 4) is 0 Å². The molecule has 1 aromatic carbocycles. The first-order chi connectivity index (χ1) is 12.2. The molecule has 0 bridgehead atoms. The Hall–Kier alpha value is -2.47. The Kier molecular flexibility index (Phi) is 4.13. The number of aromatic nitrogens is 4. The van der Waals surface area contributed by atoms with Gasteiger partial charge in [-0.2, -0.15) is 5.10 Å². The third-order valence-corrected chi connectivity index (χ3v) is 5.13. The van der Waals surface area contributed by atoms with E-state index in [1.165, 1.54) is 5.56 Å². The van der Waals surface area contributed by atoms with Crippen molar-refractivity contribution in [2.24, 2.45) is 7.05 Å². The van der Waals surface area contributed by atoms with Gasteiger partial charge < -0.3 is 10.1 Å². The minimum absolute atomic E-state index is 0.0624. The minimum atomic E-state index is 0.0624. The smallest absolute Gasteiger partial charge is 0.163 e. The number of rotatable bonds is 4. The maximum atomic E-state index is 5.62. The van der Waals surface area contributed by atoms with Crippen LogP contribution in [0.2, 0.25) is 0 Å². The average Bonchev–Trinajstić information content (AvgIpc) is 3.02. The summed E-state index contributed by atoms with van der Waals surface area (Å²) in [5.74, 6) is 1.61. The Morgan fingerprint density at radius 3 is 2.68 bits per heavy atom. The Labute approximate surface area is 147 Å². The van der Waals surface area contributed by atoms with Crippen LogP contribution in [0.3, 0.4) is 0 Å². The fourth-order valence-corrected chi connectivity index (χ4v) is 3.64. The highest BCUT2D eigenvalue weighted by Gasteiger charge is 2.34. The number of ether oxygens (including phenoxy) is 1. The lowest BCUT2D eigenvalue weighted by Crippen LogP contribution is -2.40. The van der Waals surface area contributed by atoms with Crippen LogP contribution in [0, 0.1) is 6.92 Å². The van der Waals surface area contributed by atoms with Crippen molar-refractivity contribution < 1.29 is 4.74 Å². The molecule has 4 rings (SSSR count). The van der Waals surface area contributed by atoms with Gasteiger partial charge >= 0.3 is 0 Å². The van der Waals surface area contributed by atoms with Gasteiger partial charge in [-0.05, 0) is 25.3 Å². The van der Waals surface area contributed by atoms with Crippen LogP contribution in [0.15, 0.2) is 36.5 Å². The lowest BCUT2D eigenvalue weighted by molar-refractivity contribution is 0.0544. The van der Waals surface area contributed by atoms with Gasteiger partial charge in [0.15, 0.2) is 5.65 Å². The van der Waals surface area contributed by atoms with Crippen molar-refractivity contribution in [2.75, 3.05) is 25.1 Å². The lowest BCUT2D eigenvalue weighted by atomic mass is 9.74. The monoisotopic (exact) mass is 337 g/mol. The van der Waals surface area contributed by atoms with E-state index in [9.17, 15) is 0 Å². The molecule has 1 saturated heterocycles. The second-order valence-electron chi connectivity index (χ2n) is 6.74. The van der Waals surface area contributed by atoms with Crippen LogP contribution in [-0.2, 0) is 17.2 Å². The minimum Gasteiger partial charge on any atom is -0.381 e. The maximum Gasteiger partial charge on any atom is 0.163 e. The van der Waals surface area contributed by atoms with Crippen LogP contribution >= 0.6 is 0 Å². The molecule has 0 spiro atoms. The molecule has 2 aromatic heterocycles. The van der Waals surface area contributed by atoms with Crippen molar-refractivity contribution in [1.82, 2.24) is 19.7 Å². The normalized spacial score (nSPS) is 16.9. The SMILES string of the molecule is Cc1nc(NCC2(c3ccccc3)CCOCC2)c2cnn(C)c2n1. The molecule has 6 heteroatoms. The van der Waals surface area contributed by atoms with Crippen molar-refractivity contribution in [1.29, 1.82) is 0 Å². The van der Waals surface area contributed by atoms with Gasteiger partial charge in [0.05, 0.1) is 11.6 Å². The summed E-state index contributed by atoms with van der Waals surface area (Å²) in [5.41, 5.74) is 2.28. The largest absolute Gasteiger partial charge is 0.381 e. The molecule has 1 fully saturated rings. The highest BCUT2D eigenvalue weighted by atomic mass is 16.5. The van der Waals surface area contributed by atoms with Gasteiger partial charge in [0.25, 0.3) is 0 Å². The zero-order valence-corrected chi connectivity index (χ0v) is 14.7. The summed E-state index contributed by atoms with van der Waals surface area (Å²) < 4.78 is 7.41. The van der Waals surface area contributed by atoms with E-state index < -0.39 is 0 Å². The van der Waals surface area contributed by atoms with Crippen LogP contribution in [0.5, 0.6) is 0 Å². The first-order valence-electron chi connectivity index (χ1n) is 8.71. The van der Waals surface area contributed by atoms with E-state index in [4.69, 9.17) is 4.74 Å². The molecule has 1 aliphatic heterocycles. The van der Waals surface area contributed by atoms with Gasteiger partial charge in [-0.25, -0.2) is 9.97 Å². The van der Waals surface area contributed by atoms with E-state index >= 15 is 0 Å². The number of hydrogen-bond acceptors (Lipinski definition) is 5. The summed E-state index contributed by atoms with van der Waals surface area (Å²) >= 11 is 0. The van der Waals surface area contributed by atoms with Crippen LogP contribution < -0.4 is 5.32 Å². The third kappa shape index (κ3) is 2.98. The fourth-order valence-electron chi connectivity index (χ4n) is 3.64. The highest BCUT2D eigenvalue weighted by Crippen LogP contribution is 2.35. The van der Waals surface area contributed by atoms with E-state index in [0.29, 0.717) is 0 Å². The van der Waals surface area contributed by atoms with Crippen molar-refractivity contribution in [3.05, 3.63) is 47.9 Å². The standard InChI is InChI=1S/C19H23N5O/c1-14-22-17(16-12-21-24(2)18(16)23-14)20-13-19(8-10-25-11-9-19)15-6-4-3-5-7-15/h3-7,12H,8-11,13H2,1-2H3,(H,20,22,23). The van der Waals surface area contributed by atoms with Gasteiger partial charge in [0.2, 0.25) is 0 Å². The van der Waals surface area contributed by atoms with Gasteiger partial charge in [-0.15, -0.1) is 0 Å². The number of nitrogens with one attached hydrogen (secondary N) is 1. The highest BCUT2D eigenvalue weighted by molar-refractivity contribution is 5.86. The van der Waals surface area contributed by atoms with Crippen LogP contribution in [0.4, 0.5) is 5.82 Å². The van der Waals surface area contributed by atoms with Crippen LogP contribution in [0.25, 0.3) is 11.0 Å². The summed E-state index contributed by atoms with van der Waals surface area (Å²) in [6, 6.07) is 10.7. The summed E-state index contributed by atoms with van der Waals surface area (Å²) in [6.07, 6.45) is 3.84. The molecule has 130 valence electrons. The molecule has 1 aliphatic rings. The average molecular weight is 337 g/mol. The fraction of sp³-hybridized carbons (Fsp3) is 0.421. The quantitative estimate of drug-likeness (QED) is 0.793. The van der Waals surface area contributed by atoms with Gasteiger partial charge in [-0.3, -0.25) is 4.68 Å². The molecule has 3 heterocycles. The molecule has 3 aromatic rings. The first kappa shape index (κ1) is 16.0. The number of nitrogens with zero attached hydrogens (tertiary/aromatic N) is 4. The molecule has 1 N–H and O–H groups in total. The predicted molar refractivity (Wildman–Crippen MR) is 97.7 cm³/mol. The van der Waals surface area contributed by atoms with E-state index in [0.717, 1.165) is 55.3 Å². The van der Waals surface area contributed by atoms with E-state index in [2.05, 4.69) is 50.7 Å². The van der Waals surface area contributed by atoms with Crippen molar-refractivity contribution >= 4 is 16.9 Å². The summed E-state index contributed by atoms with van der Waals surface area (Å²) in [4.78, 5) is 9.11. The molecule has 0 saturated carbocycles. The maximum absolute atomic E-state index is 5.62. The van der Waals surface area contributed by atoms with Gasteiger partial charge in [0.1, 0.15) is 11.6 Å². The Balaban J connectivity index is 1.66. The zero-order valence-electron chi connectivity index (χ0n) is 14.7. The number of fused-ring (bicyclic) bond motifs is 1. The molecule has 6 nitrogen and oxygen atoms in total. The Morgan fingerprint density at radius 2 is 1.92 bits per heavy atom. The van der Waals surface area contributed by atoms with Gasteiger partial charge in [0, 0.05) is 32.2 Å². The molecular formula is C19H23N5O. The van der Waals surface area contributed by atoms with E-state index in [-0.39, 0.29) is 5.41 Å². The summed E-state index contributed by atoms with van der Waals surface area (Å²) in [7, 11) is 1.91. The molecule has 25 heavy (non-hydrogen) atoms. The molecular weight excluding hydrogens is 314 g/mol. The molecule has 0 unspecified atom stereocenters. The number of benzene rings is 1. The predicted octanol–water partition coefficient (Wildman–Crippen LogP) is 2.83. The molecule has 0 radical (unpaired) electrons. The second-order valence-corrected chi connectivity index (χ2v) is 6.74. The molecule has 0 atom stereocenters. The summed E-state index contributed by atoms with van der Waals surface area (Å²) in [6.45, 7) is 4.32. The van der Waals surface area contributed by atoms with Crippen LogP contribution in [-0.4, -0.2) is 39.5 Å². The van der Waals surface area contributed by atoms with E-state index in [1.54, 1.807) is 4.68 Å². The summed E-state index contributed by atoms with van der Waals surface area (Å²) in [5, 5.41) is 8.87. The van der Waals surface area contributed by atoms with Crippen molar-refractivity contribution in [3.63, 3.8) is 0 Å². The number of hydrogen-bond donors (Lipinski definition) is 1. The second kappa shape index (κ2) is 6.44. The number of anilines is 1. The van der Waals surface area contributed by atoms with Crippen LogP contribution in [0.1, 0.15) is 24.2 Å². The topological polar surface area (TPSA) is 64.9 Å². The van der Waals surface area contributed by atoms with Crippen molar-refractivity contribution in [2.45, 2.75) is 25.2 Å². The van der Waals surface area contributed by atoms with Gasteiger partial charge in [-0.1, -0.05) is 30.3 Å².